The first-order valence-corrected chi connectivity index (χ1v) is 9.91. The van der Waals surface area contributed by atoms with Crippen LogP contribution in [0.3, 0.4) is 0 Å². The summed E-state index contributed by atoms with van der Waals surface area (Å²) in [5.74, 6) is -0.302. The Hall–Kier alpha value is -2.24. The fourth-order valence-corrected chi connectivity index (χ4v) is 3.93. The summed E-state index contributed by atoms with van der Waals surface area (Å²) in [5.41, 5.74) is 1.21. The van der Waals surface area contributed by atoms with Gasteiger partial charge >= 0.3 is 0 Å². The second-order valence-electron chi connectivity index (χ2n) is 7.01. The molecule has 12 heteroatoms. The molecule has 30 heavy (non-hydrogen) atoms. The van der Waals surface area contributed by atoms with Gasteiger partial charge in [0.2, 0.25) is 5.95 Å². The van der Waals surface area contributed by atoms with E-state index < -0.39 is 24.3 Å². The van der Waals surface area contributed by atoms with Gasteiger partial charge in [-0.2, -0.15) is 9.37 Å². The zero-order chi connectivity index (χ0) is 20.8. The van der Waals surface area contributed by atoms with Crippen LogP contribution in [-0.2, 0) is 16.0 Å². The van der Waals surface area contributed by atoms with Crippen LogP contribution in [0, 0.1) is 5.95 Å². The van der Waals surface area contributed by atoms with Crippen LogP contribution in [0.15, 0.2) is 18.3 Å². The maximum absolute atomic E-state index is 13.8. The van der Waals surface area contributed by atoms with Crippen LogP contribution in [0.25, 0.3) is 11.2 Å². The lowest BCUT2D eigenvalue weighted by Crippen LogP contribution is -2.34. The van der Waals surface area contributed by atoms with Gasteiger partial charge < -0.3 is 29.6 Å². The largest absolute Gasteiger partial charge is 0.456 e. The Morgan fingerprint density at radius 3 is 2.93 bits per heavy atom. The second-order valence-corrected chi connectivity index (χ2v) is 7.85. The van der Waals surface area contributed by atoms with Crippen molar-refractivity contribution >= 4 is 40.2 Å². The van der Waals surface area contributed by atoms with Crippen LogP contribution >= 0.6 is 23.2 Å². The molecule has 2 aliphatic heterocycles. The van der Waals surface area contributed by atoms with Crippen molar-refractivity contribution in [3.05, 3.63) is 39.9 Å². The number of aromatic amines is 1. The molecule has 5 rings (SSSR count). The first-order chi connectivity index (χ1) is 14.5. The van der Waals surface area contributed by atoms with Gasteiger partial charge in [-0.3, -0.25) is 0 Å². The maximum atomic E-state index is 13.8. The molecular formula is C18H16Cl2FN5O4. The van der Waals surface area contributed by atoms with Gasteiger partial charge in [0.15, 0.2) is 11.8 Å². The van der Waals surface area contributed by atoms with Crippen molar-refractivity contribution in [2.45, 2.75) is 31.0 Å². The zero-order valence-electron chi connectivity index (χ0n) is 15.3. The molecule has 0 radical (unpaired) electrons. The van der Waals surface area contributed by atoms with E-state index in [1.165, 1.54) is 12.3 Å². The Bertz CT molecular complexity index is 1100. The lowest BCUT2D eigenvalue weighted by molar-refractivity contribution is 0.00706. The number of fused-ring (bicyclic) bond motifs is 2. The number of pyridine rings is 2. The Morgan fingerprint density at radius 2 is 2.07 bits per heavy atom. The number of aliphatic hydroxyl groups is 1. The van der Waals surface area contributed by atoms with Crippen molar-refractivity contribution in [3.63, 3.8) is 0 Å². The molecule has 0 saturated carbocycles. The molecule has 0 spiro atoms. The molecule has 9 nitrogen and oxygen atoms in total. The lowest BCUT2D eigenvalue weighted by Gasteiger charge is -2.15. The fourth-order valence-electron chi connectivity index (χ4n) is 3.53. The number of aromatic nitrogens is 4. The van der Waals surface area contributed by atoms with Crippen LogP contribution in [0.1, 0.15) is 5.56 Å². The van der Waals surface area contributed by atoms with Crippen molar-refractivity contribution in [2.24, 2.45) is 0 Å². The average molecular weight is 456 g/mol. The minimum atomic E-state index is -0.659. The number of imidazole rings is 1. The highest BCUT2D eigenvalue weighted by molar-refractivity contribution is 6.33. The zero-order valence-corrected chi connectivity index (χ0v) is 16.8. The first kappa shape index (κ1) is 19.7. The van der Waals surface area contributed by atoms with E-state index >= 15 is 0 Å². The van der Waals surface area contributed by atoms with E-state index in [9.17, 15) is 9.50 Å². The number of H-pyrrole nitrogens is 1. The van der Waals surface area contributed by atoms with E-state index in [1.807, 2.05) is 0 Å². The normalized spacial score (nSPS) is 25.6. The summed E-state index contributed by atoms with van der Waals surface area (Å²) in [4.78, 5) is 15.3. The maximum Gasteiger partial charge on any atom is 0.296 e. The minimum Gasteiger partial charge on any atom is -0.456 e. The molecule has 0 aromatic carbocycles. The van der Waals surface area contributed by atoms with Crippen molar-refractivity contribution in [1.29, 1.82) is 0 Å². The number of rotatable bonds is 5. The number of halogens is 3. The van der Waals surface area contributed by atoms with Gasteiger partial charge in [0.05, 0.1) is 28.8 Å². The quantitative estimate of drug-likeness (QED) is 0.502. The third-order valence-electron chi connectivity index (χ3n) is 4.97. The van der Waals surface area contributed by atoms with Crippen molar-refractivity contribution < 1.29 is 23.7 Å². The second kappa shape index (κ2) is 7.78. The Morgan fingerprint density at radius 1 is 1.23 bits per heavy atom. The van der Waals surface area contributed by atoms with Gasteiger partial charge in [-0.05, 0) is 12.1 Å². The summed E-state index contributed by atoms with van der Waals surface area (Å²) in [6, 6.07) is 3.35. The number of hydrogen-bond donors (Lipinski definition) is 3. The number of nitrogens with one attached hydrogen (secondary N) is 2. The van der Waals surface area contributed by atoms with Gasteiger partial charge in [0, 0.05) is 18.3 Å². The van der Waals surface area contributed by atoms with Crippen LogP contribution in [0.4, 0.5) is 10.2 Å². The van der Waals surface area contributed by atoms with Gasteiger partial charge in [-0.25, -0.2) is 9.97 Å². The highest BCUT2D eigenvalue weighted by Gasteiger charge is 2.48. The molecule has 0 unspecified atom stereocenters. The number of nitrogens with zero attached hydrogens (tertiary/aromatic N) is 3. The van der Waals surface area contributed by atoms with E-state index in [1.54, 1.807) is 6.07 Å². The van der Waals surface area contributed by atoms with E-state index in [0.29, 0.717) is 27.0 Å². The predicted molar refractivity (Wildman–Crippen MR) is 105 cm³/mol. The highest BCUT2D eigenvalue weighted by atomic mass is 35.5. The Balaban J connectivity index is 1.32. The van der Waals surface area contributed by atoms with Crippen LogP contribution in [0.2, 0.25) is 10.0 Å². The summed E-state index contributed by atoms with van der Waals surface area (Å²) in [5, 5.41) is 13.4. The smallest absolute Gasteiger partial charge is 0.296 e. The molecule has 4 atom stereocenters. The molecule has 0 amide bonds. The predicted octanol–water partition coefficient (Wildman–Crippen LogP) is 2.32. The molecule has 0 aliphatic carbocycles. The van der Waals surface area contributed by atoms with Gasteiger partial charge in [-0.15, -0.1) is 0 Å². The molecule has 3 N–H and O–H groups in total. The van der Waals surface area contributed by atoms with E-state index in [-0.39, 0.29) is 37.4 Å². The Labute approximate surface area is 179 Å². The molecule has 3 aromatic heterocycles. The molecule has 2 saturated heterocycles. The minimum absolute atomic E-state index is 0.0908. The summed E-state index contributed by atoms with van der Waals surface area (Å²) >= 11 is 12.2. The van der Waals surface area contributed by atoms with Crippen LogP contribution in [-0.4, -0.2) is 62.7 Å². The van der Waals surface area contributed by atoms with E-state index in [2.05, 4.69) is 25.3 Å². The molecule has 0 bridgehead atoms. The molecule has 5 heterocycles. The molecule has 2 fully saturated rings. The fraction of sp³-hybridized carbons (Fsp3) is 0.389. The standard InChI is InChI=1S/C18H16Cl2FN5O4/c19-8-1-7(15(21)22-4-8)3-23-16-9(20)2-10-17(25-16)26-18(24-10)30-12-6-29-13-11(27)5-28-14(12)13/h1-2,4,11-14,27H,3,5-6H2,(H2,23,24,25,26)/t11-,12-,13-,14-/m1/s1. The summed E-state index contributed by atoms with van der Waals surface area (Å²) in [6.45, 7) is 0.585. The van der Waals surface area contributed by atoms with E-state index in [4.69, 9.17) is 37.4 Å². The van der Waals surface area contributed by atoms with Crippen LogP contribution in [0.5, 0.6) is 6.01 Å². The number of hydrogen-bond acceptors (Lipinski definition) is 8. The monoisotopic (exact) mass is 455 g/mol. The van der Waals surface area contributed by atoms with E-state index in [0.717, 1.165) is 0 Å². The highest BCUT2D eigenvalue weighted by Crippen LogP contribution is 2.31. The third kappa shape index (κ3) is 3.65. The molecule has 158 valence electrons. The molecule has 3 aromatic rings. The topological polar surface area (TPSA) is 114 Å². The lowest BCUT2D eigenvalue weighted by atomic mass is 10.1. The molecule has 2 aliphatic rings. The van der Waals surface area contributed by atoms with Crippen molar-refractivity contribution in [2.75, 3.05) is 18.5 Å². The SMILES string of the molecule is O[C@@H]1CO[C@H]2[C@@H]1OC[C@H]2Oc1nc2nc(NCc3cc(Cl)cnc3F)c(Cl)cc2[nH]1. The Kier molecular flexibility index (Phi) is 5.11. The summed E-state index contributed by atoms with van der Waals surface area (Å²) in [6.07, 6.45) is -0.586. The van der Waals surface area contributed by atoms with Gasteiger partial charge in [0.1, 0.15) is 24.1 Å². The number of ether oxygens (including phenoxy) is 3. The van der Waals surface area contributed by atoms with Gasteiger partial charge in [0.25, 0.3) is 6.01 Å². The average Bonchev–Trinajstić information content (AvgIpc) is 3.39. The van der Waals surface area contributed by atoms with Crippen molar-refractivity contribution in [3.8, 4) is 6.01 Å². The molecular weight excluding hydrogens is 440 g/mol. The number of aliphatic hydroxyl groups excluding tert-OH is 1. The summed E-state index contributed by atoms with van der Waals surface area (Å²) in [7, 11) is 0. The van der Waals surface area contributed by atoms with Crippen molar-refractivity contribution in [1.82, 2.24) is 19.9 Å². The number of anilines is 1. The van der Waals surface area contributed by atoms with Gasteiger partial charge in [-0.1, -0.05) is 23.2 Å². The first-order valence-electron chi connectivity index (χ1n) is 9.16. The third-order valence-corrected chi connectivity index (χ3v) is 5.47. The summed E-state index contributed by atoms with van der Waals surface area (Å²) < 4.78 is 30.8. The van der Waals surface area contributed by atoms with Crippen LogP contribution < -0.4 is 10.1 Å².